The fraction of sp³-hybridized carbons (Fsp3) is 0.222. The molecular weight excluding hydrogens is 154 g/mol. The van der Waals surface area contributed by atoms with Crippen LogP contribution in [0.15, 0.2) is 30.3 Å². The molecule has 1 aromatic rings. The summed E-state index contributed by atoms with van der Waals surface area (Å²) >= 11 is 0. The van der Waals surface area contributed by atoms with Crippen LogP contribution in [-0.2, 0) is 4.79 Å². The summed E-state index contributed by atoms with van der Waals surface area (Å²) in [4.78, 5) is 10.7. The fourth-order valence-electron chi connectivity index (χ4n) is 0.729. The van der Waals surface area contributed by atoms with Crippen molar-refractivity contribution in [3.8, 4) is 5.75 Å². The number of hydrogen-bond acceptors (Lipinski definition) is 3. The minimum Gasteiger partial charge on any atom is -0.468 e. The van der Waals surface area contributed by atoms with E-state index in [9.17, 15) is 4.79 Å². The molecule has 0 aromatic heterocycles. The summed E-state index contributed by atoms with van der Waals surface area (Å²) in [5.41, 5.74) is 5.38. The Hall–Kier alpha value is -1.35. The Balaban J connectivity index is 2.58. The minimum absolute atomic E-state index is 0.182. The molecule has 1 aromatic carbocycles. The number of rotatable bonds is 3. The first-order chi connectivity index (χ1) is 5.70. The van der Waals surface area contributed by atoms with Gasteiger partial charge in [0.25, 0.3) is 0 Å². The molecule has 0 saturated heterocycles. The number of ether oxygens (including phenoxy) is 1. The summed E-state index contributed by atoms with van der Waals surface area (Å²) in [5, 5.41) is 0. The Labute approximate surface area is 71.1 Å². The molecule has 0 aliphatic heterocycles. The van der Waals surface area contributed by atoms with Gasteiger partial charge in [-0.3, -0.25) is 10.5 Å². The smallest absolute Gasteiger partial charge is 0.206 e. The molecule has 3 nitrogen and oxygen atoms in total. The zero-order valence-electron chi connectivity index (χ0n) is 6.86. The van der Waals surface area contributed by atoms with Crippen molar-refractivity contribution in [3.05, 3.63) is 30.3 Å². The third-order valence-corrected chi connectivity index (χ3v) is 1.41. The Morgan fingerprint density at radius 2 is 2.00 bits per heavy atom. The second-order valence-electron chi connectivity index (χ2n) is 2.46. The highest BCUT2D eigenvalue weighted by atomic mass is 16.5. The molecule has 0 aliphatic rings. The molecule has 0 radical (unpaired) electrons. The van der Waals surface area contributed by atoms with Crippen LogP contribution in [0.1, 0.15) is 6.92 Å². The number of nitrogens with two attached hydrogens (primary N) is 1. The van der Waals surface area contributed by atoms with Crippen LogP contribution in [0.5, 0.6) is 5.75 Å². The molecule has 1 atom stereocenters. The highest BCUT2D eigenvalue weighted by molar-refractivity contribution is 5.80. The first-order valence-corrected chi connectivity index (χ1v) is 3.68. The summed E-state index contributed by atoms with van der Waals surface area (Å²) in [6.07, 6.45) is -0.854. The third kappa shape index (κ3) is 2.36. The van der Waals surface area contributed by atoms with E-state index < -0.39 is 6.23 Å². The maximum absolute atomic E-state index is 10.7. The van der Waals surface area contributed by atoms with Crippen LogP contribution < -0.4 is 10.5 Å². The predicted octanol–water partition coefficient (Wildman–Crippen LogP) is 0.939. The van der Waals surface area contributed by atoms with Crippen molar-refractivity contribution in [1.82, 2.24) is 0 Å². The van der Waals surface area contributed by atoms with Crippen molar-refractivity contribution in [2.24, 2.45) is 5.73 Å². The van der Waals surface area contributed by atoms with Gasteiger partial charge < -0.3 is 4.74 Å². The second-order valence-corrected chi connectivity index (χ2v) is 2.46. The van der Waals surface area contributed by atoms with Gasteiger partial charge in [0.15, 0.2) is 5.78 Å². The lowest BCUT2D eigenvalue weighted by Crippen LogP contribution is -2.34. The van der Waals surface area contributed by atoms with E-state index in [0.717, 1.165) is 0 Å². The molecule has 12 heavy (non-hydrogen) atoms. The zero-order chi connectivity index (χ0) is 8.97. The molecule has 0 fully saturated rings. The van der Waals surface area contributed by atoms with E-state index >= 15 is 0 Å². The maximum Gasteiger partial charge on any atom is 0.206 e. The maximum atomic E-state index is 10.7. The van der Waals surface area contributed by atoms with Crippen molar-refractivity contribution in [3.63, 3.8) is 0 Å². The highest BCUT2D eigenvalue weighted by Gasteiger charge is 2.08. The van der Waals surface area contributed by atoms with Gasteiger partial charge in [-0.2, -0.15) is 0 Å². The van der Waals surface area contributed by atoms with Gasteiger partial charge in [0, 0.05) is 0 Å². The second kappa shape index (κ2) is 3.88. The van der Waals surface area contributed by atoms with E-state index in [1.165, 1.54) is 6.92 Å². The van der Waals surface area contributed by atoms with Gasteiger partial charge in [0.2, 0.25) is 6.23 Å². The number of carbonyl (C=O) groups is 1. The number of carbonyl (C=O) groups excluding carboxylic acids is 1. The largest absolute Gasteiger partial charge is 0.468 e. The van der Waals surface area contributed by atoms with Gasteiger partial charge in [-0.05, 0) is 19.1 Å². The van der Waals surface area contributed by atoms with Crippen LogP contribution in [0.3, 0.4) is 0 Å². The molecule has 3 heteroatoms. The van der Waals surface area contributed by atoms with E-state index in [4.69, 9.17) is 10.5 Å². The average molecular weight is 165 g/mol. The van der Waals surface area contributed by atoms with Crippen molar-refractivity contribution < 1.29 is 9.53 Å². The van der Waals surface area contributed by atoms with Gasteiger partial charge in [0.05, 0.1) is 0 Å². The Morgan fingerprint density at radius 3 is 2.50 bits per heavy atom. The standard InChI is InChI=1S/C9H11NO2/c1-7(11)9(10)12-8-5-3-2-4-6-8/h2-6,9H,10H2,1H3. The monoisotopic (exact) mass is 165 g/mol. The number of benzene rings is 1. The van der Waals surface area contributed by atoms with Crippen LogP contribution in [0.2, 0.25) is 0 Å². The number of ketones is 1. The molecule has 0 spiro atoms. The summed E-state index contributed by atoms with van der Waals surface area (Å²) in [7, 11) is 0. The van der Waals surface area contributed by atoms with Crippen LogP contribution in [-0.4, -0.2) is 12.0 Å². The van der Waals surface area contributed by atoms with Gasteiger partial charge in [-0.25, -0.2) is 0 Å². The van der Waals surface area contributed by atoms with Crippen molar-refractivity contribution in [2.45, 2.75) is 13.2 Å². The topological polar surface area (TPSA) is 52.3 Å². The molecule has 1 unspecified atom stereocenters. The van der Waals surface area contributed by atoms with Gasteiger partial charge in [0.1, 0.15) is 5.75 Å². The molecule has 0 bridgehead atoms. The lowest BCUT2D eigenvalue weighted by molar-refractivity contribution is -0.123. The molecule has 1 rings (SSSR count). The summed E-state index contributed by atoms with van der Waals surface area (Å²) in [6, 6.07) is 9.02. The van der Waals surface area contributed by atoms with E-state index in [0.29, 0.717) is 5.75 Å². The van der Waals surface area contributed by atoms with E-state index in [1.807, 2.05) is 18.2 Å². The molecule has 2 N–H and O–H groups in total. The Kier molecular flexibility index (Phi) is 2.82. The van der Waals surface area contributed by atoms with Crippen LogP contribution in [0.25, 0.3) is 0 Å². The van der Waals surface area contributed by atoms with Crippen molar-refractivity contribution in [2.75, 3.05) is 0 Å². The predicted molar refractivity (Wildman–Crippen MR) is 45.7 cm³/mol. The van der Waals surface area contributed by atoms with E-state index in [2.05, 4.69) is 0 Å². The Bertz CT molecular complexity index is 258. The lowest BCUT2D eigenvalue weighted by atomic mass is 10.3. The van der Waals surface area contributed by atoms with E-state index in [1.54, 1.807) is 12.1 Å². The fourth-order valence-corrected chi connectivity index (χ4v) is 0.729. The van der Waals surface area contributed by atoms with Crippen LogP contribution in [0, 0.1) is 0 Å². The third-order valence-electron chi connectivity index (χ3n) is 1.41. The zero-order valence-corrected chi connectivity index (χ0v) is 6.86. The minimum atomic E-state index is -0.854. The van der Waals surface area contributed by atoms with Crippen molar-refractivity contribution in [1.29, 1.82) is 0 Å². The number of para-hydroxylation sites is 1. The molecule has 0 saturated carbocycles. The SMILES string of the molecule is CC(=O)C(N)Oc1ccccc1. The summed E-state index contributed by atoms with van der Waals surface area (Å²) in [6.45, 7) is 1.40. The molecule has 0 amide bonds. The van der Waals surface area contributed by atoms with Gasteiger partial charge >= 0.3 is 0 Å². The first kappa shape index (κ1) is 8.74. The van der Waals surface area contributed by atoms with Crippen molar-refractivity contribution >= 4 is 5.78 Å². The quantitative estimate of drug-likeness (QED) is 0.678. The van der Waals surface area contributed by atoms with E-state index in [-0.39, 0.29) is 5.78 Å². The molecular formula is C9H11NO2. The van der Waals surface area contributed by atoms with Crippen LogP contribution >= 0.6 is 0 Å². The van der Waals surface area contributed by atoms with Gasteiger partial charge in [-0.1, -0.05) is 18.2 Å². The van der Waals surface area contributed by atoms with Gasteiger partial charge in [-0.15, -0.1) is 0 Å². The summed E-state index contributed by atoms with van der Waals surface area (Å²) < 4.78 is 5.10. The highest BCUT2D eigenvalue weighted by Crippen LogP contribution is 2.09. The molecule has 0 aliphatic carbocycles. The normalized spacial score (nSPS) is 12.2. The number of hydrogen-bond donors (Lipinski definition) is 1. The molecule has 64 valence electrons. The molecule has 0 heterocycles. The lowest BCUT2D eigenvalue weighted by Gasteiger charge is -2.10. The summed E-state index contributed by atoms with van der Waals surface area (Å²) in [5.74, 6) is 0.430. The van der Waals surface area contributed by atoms with Crippen LogP contribution in [0.4, 0.5) is 0 Å². The number of Topliss-reactive ketones (excluding diaryl/α,β-unsaturated/α-hetero) is 1. The Morgan fingerprint density at radius 1 is 1.42 bits per heavy atom. The average Bonchev–Trinajstić information content (AvgIpc) is 2.06. The first-order valence-electron chi connectivity index (χ1n) is 3.68.